The number of benzene rings is 1. The van der Waals surface area contributed by atoms with Crippen molar-refractivity contribution >= 4 is 17.9 Å². The van der Waals surface area contributed by atoms with E-state index in [1.807, 2.05) is 6.92 Å². The van der Waals surface area contributed by atoms with Crippen molar-refractivity contribution in [1.82, 2.24) is 4.90 Å². The lowest BCUT2D eigenvalue weighted by Gasteiger charge is -2.26. The van der Waals surface area contributed by atoms with Crippen LogP contribution < -0.4 is 4.90 Å². The highest BCUT2D eigenvalue weighted by molar-refractivity contribution is 5.87. The molecular formula is C14H19FN2O2. The largest absolute Gasteiger partial charge is 0.362 e. The van der Waals surface area contributed by atoms with Gasteiger partial charge in [0.2, 0.25) is 5.91 Å². The quantitative estimate of drug-likeness (QED) is 0.739. The summed E-state index contributed by atoms with van der Waals surface area (Å²) < 4.78 is 13.1. The van der Waals surface area contributed by atoms with Gasteiger partial charge in [0.25, 0.3) is 0 Å². The van der Waals surface area contributed by atoms with Crippen molar-refractivity contribution in [2.75, 3.05) is 32.1 Å². The maximum absolute atomic E-state index is 13.1. The van der Waals surface area contributed by atoms with Crippen LogP contribution in [-0.4, -0.2) is 44.3 Å². The van der Waals surface area contributed by atoms with Crippen LogP contribution in [0.1, 0.15) is 23.7 Å². The number of nitrogens with zero attached hydrogens (tertiary/aromatic N) is 2. The van der Waals surface area contributed by atoms with E-state index in [0.29, 0.717) is 18.5 Å². The maximum Gasteiger partial charge on any atom is 0.241 e. The number of halogens is 1. The van der Waals surface area contributed by atoms with Gasteiger partial charge in [0.15, 0.2) is 6.29 Å². The van der Waals surface area contributed by atoms with E-state index in [2.05, 4.69) is 0 Å². The highest BCUT2D eigenvalue weighted by Gasteiger charge is 2.15. The normalized spacial score (nSPS) is 10.1. The van der Waals surface area contributed by atoms with Gasteiger partial charge in [0.05, 0.1) is 6.54 Å². The maximum atomic E-state index is 13.1. The lowest BCUT2D eigenvalue weighted by molar-refractivity contribution is -0.127. The number of rotatable bonds is 6. The highest BCUT2D eigenvalue weighted by Crippen LogP contribution is 2.20. The lowest BCUT2D eigenvalue weighted by atomic mass is 10.1. The van der Waals surface area contributed by atoms with Crippen LogP contribution in [0.5, 0.6) is 0 Å². The molecule has 1 rings (SSSR count). The molecule has 104 valence electrons. The van der Waals surface area contributed by atoms with Gasteiger partial charge in [0.1, 0.15) is 5.82 Å². The number of hydrogen-bond acceptors (Lipinski definition) is 3. The van der Waals surface area contributed by atoms with Gasteiger partial charge < -0.3 is 9.80 Å². The minimum atomic E-state index is -0.457. The number of amides is 1. The van der Waals surface area contributed by atoms with E-state index in [4.69, 9.17) is 0 Å². The minimum Gasteiger partial charge on any atom is -0.362 e. The molecule has 1 amide bonds. The van der Waals surface area contributed by atoms with E-state index in [0.717, 1.165) is 6.42 Å². The molecule has 0 aliphatic heterocycles. The second kappa shape index (κ2) is 6.87. The molecule has 19 heavy (non-hydrogen) atoms. The first-order valence-electron chi connectivity index (χ1n) is 6.19. The number of hydrogen-bond donors (Lipinski definition) is 0. The van der Waals surface area contributed by atoms with Crippen molar-refractivity contribution in [3.05, 3.63) is 29.6 Å². The predicted molar refractivity (Wildman–Crippen MR) is 73.0 cm³/mol. The third-order valence-electron chi connectivity index (χ3n) is 2.78. The highest BCUT2D eigenvalue weighted by atomic mass is 19.1. The van der Waals surface area contributed by atoms with E-state index in [9.17, 15) is 14.0 Å². The molecule has 0 radical (unpaired) electrons. The van der Waals surface area contributed by atoms with Crippen LogP contribution in [0.3, 0.4) is 0 Å². The average Bonchev–Trinajstić information content (AvgIpc) is 2.37. The van der Waals surface area contributed by atoms with Gasteiger partial charge in [-0.15, -0.1) is 0 Å². The molecule has 0 unspecified atom stereocenters. The van der Waals surface area contributed by atoms with Crippen molar-refractivity contribution in [2.24, 2.45) is 0 Å². The Labute approximate surface area is 112 Å². The van der Waals surface area contributed by atoms with Crippen LogP contribution in [0, 0.1) is 5.82 Å². The van der Waals surface area contributed by atoms with Gasteiger partial charge in [-0.05, 0) is 24.6 Å². The number of carbonyl (C=O) groups is 2. The fourth-order valence-electron chi connectivity index (χ4n) is 1.77. The lowest BCUT2D eigenvalue weighted by Crippen LogP contribution is -2.37. The summed E-state index contributed by atoms with van der Waals surface area (Å²) in [6.07, 6.45) is 1.44. The first kappa shape index (κ1) is 15.1. The van der Waals surface area contributed by atoms with Crippen LogP contribution in [0.25, 0.3) is 0 Å². The first-order valence-corrected chi connectivity index (χ1v) is 6.19. The second-order valence-corrected chi connectivity index (χ2v) is 4.53. The van der Waals surface area contributed by atoms with Gasteiger partial charge in [-0.3, -0.25) is 9.59 Å². The van der Waals surface area contributed by atoms with E-state index < -0.39 is 5.82 Å². The van der Waals surface area contributed by atoms with Gasteiger partial charge in [-0.1, -0.05) is 6.92 Å². The van der Waals surface area contributed by atoms with Crippen LogP contribution >= 0.6 is 0 Å². The molecule has 0 saturated heterocycles. The number of likely N-dealkylation sites (N-methyl/N-ethyl adjacent to an activating group) is 1. The van der Waals surface area contributed by atoms with E-state index >= 15 is 0 Å². The molecule has 0 bridgehead atoms. The molecule has 0 N–H and O–H groups in total. The van der Waals surface area contributed by atoms with Crippen LogP contribution in [0.4, 0.5) is 10.1 Å². The van der Waals surface area contributed by atoms with E-state index in [-0.39, 0.29) is 18.0 Å². The number of anilines is 1. The molecule has 0 aliphatic carbocycles. The van der Waals surface area contributed by atoms with Crippen LogP contribution in [0.15, 0.2) is 18.2 Å². The van der Waals surface area contributed by atoms with Crippen molar-refractivity contribution < 1.29 is 14.0 Å². The van der Waals surface area contributed by atoms with Crippen LogP contribution in [-0.2, 0) is 4.79 Å². The Balaban J connectivity index is 3.04. The Morgan fingerprint density at radius 1 is 1.37 bits per heavy atom. The molecule has 0 saturated carbocycles. The van der Waals surface area contributed by atoms with Gasteiger partial charge in [-0.2, -0.15) is 0 Å². The fraction of sp³-hybridized carbons (Fsp3) is 0.429. The molecule has 0 fully saturated rings. The fourth-order valence-corrected chi connectivity index (χ4v) is 1.77. The molecular weight excluding hydrogens is 247 g/mol. The third kappa shape index (κ3) is 4.05. The molecule has 0 aliphatic rings. The zero-order valence-corrected chi connectivity index (χ0v) is 11.5. The Morgan fingerprint density at radius 3 is 2.58 bits per heavy atom. The number of carbonyl (C=O) groups excluding carboxylic acids is 2. The molecule has 1 aromatic rings. The Bertz CT molecular complexity index is 461. The Kier molecular flexibility index (Phi) is 5.48. The molecule has 5 heteroatoms. The summed E-state index contributed by atoms with van der Waals surface area (Å²) in [5.41, 5.74) is 0.855. The predicted octanol–water partition coefficient (Wildman–Crippen LogP) is 1.94. The Hall–Kier alpha value is -1.91. The number of aldehydes is 1. The summed E-state index contributed by atoms with van der Waals surface area (Å²) in [4.78, 5) is 26.1. The van der Waals surface area contributed by atoms with Crippen molar-refractivity contribution in [2.45, 2.75) is 13.3 Å². The zero-order valence-electron chi connectivity index (χ0n) is 11.5. The van der Waals surface area contributed by atoms with Gasteiger partial charge in [0, 0.05) is 31.9 Å². The standard InChI is InChI=1S/C14H19FN2O2/c1-4-7-17(9-14(19)16(2)3)13-6-5-12(15)8-11(13)10-18/h5-6,8,10H,4,7,9H2,1-3H3. The first-order chi connectivity index (χ1) is 8.99. The molecule has 0 spiro atoms. The van der Waals surface area contributed by atoms with Gasteiger partial charge in [-0.25, -0.2) is 4.39 Å². The summed E-state index contributed by atoms with van der Waals surface area (Å²) in [6, 6.07) is 4.02. The molecule has 0 atom stereocenters. The smallest absolute Gasteiger partial charge is 0.241 e. The van der Waals surface area contributed by atoms with Gasteiger partial charge >= 0.3 is 0 Å². The molecule has 0 heterocycles. The summed E-state index contributed by atoms with van der Waals surface area (Å²) in [6.45, 7) is 2.79. The van der Waals surface area contributed by atoms with Crippen molar-refractivity contribution in [3.63, 3.8) is 0 Å². The molecule has 4 nitrogen and oxygen atoms in total. The van der Waals surface area contributed by atoms with Crippen LogP contribution in [0.2, 0.25) is 0 Å². The minimum absolute atomic E-state index is 0.0605. The van der Waals surface area contributed by atoms with E-state index in [1.54, 1.807) is 19.0 Å². The van der Waals surface area contributed by atoms with E-state index in [1.165, 1.54) is 23.1 Å². The van der Waals surface area contributed by atoms with Crippen molar-refractivity contribution in [3.8, 4) is 0 Å². The second-order valence-electron chi connectivity index (χ2n) is 4.53. The summed E-state index contributed by atoms with van der Waals surface area (Å²) >= 11 is 0. The van der Waals surface area contributed by atoms with Crippen molar-refractivity contribution in [1.29, 1.82) is 0 Å². The molecule has 1 aromatic carbocycles. The summed E-state index contributed by atoms with van der Waals surface area (Å²) in [5.74, 6) is -0.518. The summed E-state index contributed by atoms with van der Waals surface area (Å²) in [5, 5.41) is 0. The monoisotopic (exact) mass is 266 g/mol. The third-order valence-corrected chi connectivity index (χ3v) is 2.78. The molecule has 0 aromatic heterocycles. The zero-order chi connectivity index (χ0) is 14.4. The average molecular weight is 266 g/mol. The summed E-state index contributed by atoms with van der Waals surface area (Å²) in [7, 11) is 3.36. The topological polar surface area (TPSA) is 40.6 Å². The Morgan fingerprint density at radius 2 is 2.05 bits per heavy atom. The SMILES string of the molecule is CCCN(CC(=O)N(C)C)c1ccc(F)cc1C=O.